The number of hydrogen-bond donors (Lipinski definition) is 0. The largest absolute Gasteiger partial charge is 0.497 e. The zero-order chi connectivity index (χ0) is 16.7. The van der Waals surface area contributed by atoms with Crippen molar-refractivity contribution in [2.24, 2.45) is 0 Å². The molecule has 0 aliphatic carbocycles. The molecule has 0 aliphatic rings. The second kappa shape index (κ2) is 8.19. The van der Waals surface area contributed by atoms with Crippen molar-refractivity contribution in [3.63, 3.8) is 0 Å². The van der Waals surface area contributed by atoms with Crippen LogP contribution >= 0.6 is 11.8 Å². The van der Waals surface area contributed by atoms with Gasteiger partial charge < -0.3 is 9.64 Å². The third-order valence-corrected chi connectivity index (χ3v) is 4.10. The monoisotopic (exact) mass is 331 g/mol. The van der Waals surface area contributed by atoms with Gasteiger partial charge in [0, 0.05) is 19.3 Å². The lowest BCUT2D eigenvalue weighted by molar-refractivity contribution is -0.127. The Hall–Kier alpha value is -2.53. The van der Waals surface area contributed by atoms with E-state index in [1.807, 2.05) is 34.9 Å². The van der Waals surface area contributed by atoms with Gasteiger partial charge in [0.2, 0.25) is 5.91 Å². The molecule has 0 radical (unpaired) electrons. The number of rotatable bonds is 7. The number of aromatic nitrogens is 3. The van der Waals surface area contributed by atoms with Crippen LogP contribution in [0.3, 0.4) is 0 Å². The number of benzene rings is 1. The second-order valence-corrected chi connectivity index (χ2v) is 5.64. The maximum absolute atomic E-state index is 12.0. The summed E-state index contributed by atoms with van der Waals surface area (Å²) in [6.07, 6.45) is 1.93. The fourth-order valence-electron chi connectivity index (χ4n) is 1.82. The molecule has 0 saturated carbocycles. The van der Waals surface area contributed by atoms with Crippen molar-refractivity contribution in [2.75, 3.05) is 26.5 Å². The molecule has 2 aromatic rings. The molecule has 0 N–H and O–H groups in total. The Morgan fingerprint density at radius 3 is 2.83 bits per heavy atom. The van der Waals surface area contributed by atoms with Crippen LogP contribution in [0.5, 0.6) is 5.75 Å². The summed E-state index contributed by atoms with van der Waals surface area (Å²) in [6.45, 7) is 0.432. The zero-order valence-electron chi connectivity index (χ0n) is 13.0. The SMILES string of the molecule is COc1ccc(-n2cnnc2SCC(=O)N(C)CCC#N)cc1. The normalized spacial score (nSPS) is 10.1. The van der Waals surface area contributed by atoms with Crippen LogP contribution in [-0.4, -0.2) is 52.0 Å². The molecule has 0 unspecified atom stereocenters. The van der Waals surface area contributed by atoms with E-state index < -0.39 is 0 Å². The summed E-state index contributed by atoms with van der Waals surface area (Å²) in [4.78, 5) is 13.5. The lowest BCUT2D eigenvalue weighted by Crippen LogP contribution is -2.29. The molecule has 1 amide bonds. The molecule has 1 aromatic carbocycles. The number of methoxy groups -OCH3 is 1. The van der Waals surface area contributed by atoms with Crippen molar-refractivity contribution in [3.8, 4) is 17.5 Å². The van der Waals surface area contributed by atoms with Crippen LogP contribution < -0.4 is 4.74 Å². The molecule has 7 nitrogen and oxygen atoms in total. The average Bonchev–Trinajstić information content (AvgIpc) is 3.06. The van der Waals surface area contributed by atoms with Gasteiger partial charge in [-0.1, -0.05) is 11.8 Å². The molecule has 0 fully saturated rings. The number of carbonyl (C=O) groups excluding carboxylic acids is 1. The van der Waals surface area contributed by atoms with Crippen molar-refractivity contribution in [1.29, 1.82) is 5.26 Å². The molecule has 2 rings (SSSR count). The van der Waals surface area contributed by atoms with Crippen LogP contribution in [0, 0.1) is 11.3 Å². The van der Waals surface area contributed by atoms with Crippen molar-refractivity contribution < 1.29 is 9.53 Å². The number of nitrogens with zero attached hydrogens (tertiary/aromatic N) is 5. The highest BCUT2D eigenvalue weighted by Gasteiger charge is 2.13. The van der Waals surface area contributed by atoms with Gasteiger partial charge in [0.15, 0.2) is 5.16 Å². The molecular weight excluding hydrogens is 314 g/mol. The fraction of sp³-hybridized carbons (Fsp3) is 0.333. The third kappa shape index (κ3) is 4.47. The van der Waals surface area contributed by atoms with E-state index in [1.54, 1.807) is 25.4 Å². The Kier molecular flexibility index (Phi) is 6.00. The van der Waals surface area contributed by atoms with E-state index in [1.165, 1.54) is 11.8 Å². The predicted molar refractivity (Wildman–Crippen MR) is 86.5 cm³/mol. The molecule has 0 spiro atoms. The van der Waals surface area contributed by atoms with Gasteiger partial charge in [-0.3, -0.25) is 9.36 Å². The number of nitriles is 1. The van der Waals surface area contributed by atoms with Gasteiger partial charge in [0.05, 0.1) is 25.4 Å². The van der Waals surface area contributed by atoms with Crippen molar-refractivity contribution in [1.82, 2.24) is 19.7 Å². The second-order valence-electron chi connectivity index (χ2n) is 4.69. The molecule has 1 heterocycles. The summed E-state index contributed by atoms with van der Waals surface area (Å²) in [5, 5.41) is 17.1. The van der Waals surface area contributed by atoms with Crippen LogP contribution in [0.2, 0.25) is 0 Å². The fourth-order valence-corrected chi connectivity index (χ4v) is 2.69. The Morgan fingerprint density at radius 2 is 2.17 bits per heavy atom. The van der Waals surface area contributed by atoms with E-state index in [-0.39, 0.29) is 11.7 Å². The standard InChI is InChI=1S/C15H17N5O2S/c1-19(9-3-8-16)14(21)10-23-15-18-17-11-20(15)12-4-6-13(22-2)7-5-12/h4-7,11H,3,9-10H2,1-2H3. The summed E-state index contributed by atoms with van der Waals surface area (Å²) >= 11 is 1.31. The topological polar surface area (TPSA) is 84.0 Å². The summed E-state index contributed by atoms with van der Waals surface area (Å²) in [6, 6.07) is 9.52. The van der Waals surface area contributed by atoms with Crippen LogP contribution in [0.1, 0.15) is 6.42 Å². The predicted octanol–water partition coefficient (Wildman–Crippen LogP) is 1.74. The van der Waals surface area contributed by atoms with Gasteiger partial charge >= 0.3 is 0 Å². The average molecular weight is 331 g/mol. The summed E-state index contributed by atoms with van der Waals surface area (Å²) in [7, 11) is 3.30. The number of thioether (sulfide) groups is 1. The van der Waals surface area contributed by atoms with Gasteiger partial charge in [-0.2, -0.15) is 5.26 Å². The van der Waals surface area contributed by atoms with Gasteiger partial charge in [-0.15, -0.1) is 10.2 Å². The molecule has 8 heteroatoms. The van der Waals surface area contributed by atoms with E-state index in [2.05, 4.69) is 10.2 Å². The lowest BCUT2D eigenvalue weighted by Gasteiger charge is -2.14. The zero-order valence-corrected chi connectivity index (χ0v) is 13.8. The lowest BCUT2D eigenvalue weighted by atomic mass is 10.3. The quantitative estimate of drug-likeness (QED) is 0.719. The van der Waals surface area contributed by atoms with Crippen molar-refractivity contribution in [3.05, 3.63) is 30.6 Å². The molecule has 0 bridgehead atoms. The van der Waals surface area contributed by atoms with E-state index >= 15 is 0 Å². The van der Waals surface area contributed by atoms with Crippen LogP contribution in [0.4, 0.5) is 0 Å². The molecular formula is C15H17N5O2S. The van der Waals surface area contributed by atoms with E-state index in [0.29, 0.717) is 18.1 Å². The summed E-state index contributed by atoms with van der Waals surface area (Å²) < 4.78 is 6.95. The van der Waals surface area contributed by atoms with Crippen LogP contribution in [0.25, 0.3) is 5.69 Å². The van der Waals surface area contributed by atoms with Crippen molar-refractivity contribution >= 4 is 17.7 Å². The van der Waals surface area contributed by atoms with Crippen molar-refractivity contribution in [2.45, 2.75) is 11.6 Å². The number of amides is 1. The first kappa shape index (κ1) is 16.8. The minimum Gasteiger partial charge on any atom is -0.497 e. The van der Waals surface area contributed by atoms with Crippen LogP contribution in [0.15, 0.2) is 35.7 Å². The minimum atomic E-state index is -0.0467. The minimum absolute atomic E-state index is 0.0467. The number of hydrogen-bond acceptors (Lipinski definition) is 6. The number of ether oxygens (including phenoxy) is 1. The Balaban J connectivity index is 2.01. The van der Waals surface area contributed by atoms with Crippen LogP contribution in [-0.2, 0) is 4.79 Å². The van der Waals surface area contributed by atoms with E-state index in [9.17, 15) is 4.79 Å². The van der Waals surface area contributed by atoms with E-state index in [0.717, 1.165) is 11.4 Å². The Labute approximate surface area is 138 Å². The third-order valence-electron chi connectivity index (χ3n) is 3.18. The maximum Gasteiger partial charge on any atom is 0.232 e. The molecule has 1 aromatic heterocycles. The molecule has 120 valence electrons. The first-order chi connectivity index (χ1) is 11.2. The highest BCUT2D eigenvalue weighted by Crippen LogP contribution is 2.21. The molecule has 0 atom stereocenters. The smallest absolute Gasteiger partial charge is 0.232 e. The maximum atomic E-state index is 12.0. The summed E-state index contributed by atoms with van der Waals surface area (Å²) in [5.41, 5.74) is 0.892. The summed E-state index contributed by atoms with van der Waals surface area (Å²) in [5.74, 6) is 0.969. The van der Waals surface area contributed by atoms with Gasteiger partial charge in [-0.05, 0) is 24.3 Å². The molecule has 23 heavy (non-hydrogen) atoms. The van der Waals surface area contributed by atoms with E-state index in [4.69, 9.17) is 10.00 Å². The molecule has 0 aliphatic heterocycles. The highest BCUT2D eigenvalue weighted by molar-refractivity contribution is 7.99. The Morgan fingerprint density at radius 1 is 1.43 bits per heavy atom. The Bertz CT molecular complexity index is 693. The van der Waals surface area contributed by atoms with Gasteiger partial charge in [0.1, 0.15) is 12.1 Å². The first-order valence-electron chi connectivity index (χ1n) is 6.94. The first-order valence-corrected chi connectivity index (χ1v) is 7.92. The number of carbonyl (C=O) groups is 1. The van der Waals surface area contributed by atoms with Gasteiger partial charge in [-0.25, -0.2) is 0 Å². The molecule has 0 saturated heterocycles. The van der Waals surface area contributed by atoms with Gasteiger partial charge in [0.25, 0.3) is 0 Å². The highest BCUT2D eigenvalue weighted by atomic mass is 32.2.